The lowest BCUT2D eigenvalue weighted by atomic mass is 10.2. The second-order valence-electron chi connectivity index (χ2n) is 4.03. The average Bonchev–Trinajstić information content (AvgIpc) is 2.65. The van der Waals surface area contributed by atoms with Crippen LogP contribution in [0, 0.1) is 6.92 Å². The Hall–Kier alpha value is -0.810. The molecule has 0 spiro atoms. The number of halogens is 2. The molecule has 1 heterocycles. The molecule has 3 nitrogen and oxygen atoms in total. The summed E-state index contributed by atoms with van der Waals surface area (Å²) in [6, 6.07) is 7.92. The Labute approximate surface area is 129 Å². The van der Waals surface area contributed by atoms with Gasteiger partial charge in [-0.05, 0) is 6.07 Å². The smallest absolute Gasteiger partial charge is 0.225 e. The summed E-state index contributed by atoms with van der Waals surface area (Å²) in [6.45, 7) is 3.08. The highest BCUT2D eigenvalue weighted by atomic mass is 35.5. The Kier molecular flexibility index (Phi) is 8.02. The minimum absolute atomic E-state index is 0. The molecule has 0 bridgehead atoms. The average molecular weight is 321 g/mol. The van der Waals surface area contributed by atoms with Gasteiger partial charge < -0.3 is 23.2 Å². The first-order valence-corrected chi connectivity index (χ1v) is 6.51. The monoisotopic (exact) mass is 320 g/mol. The van der Waals surface area contributed by atoms with Gasteiger partial charge in [-0.1, -0.05) is 29.5 Å². The van der Waals surface area contributed by atoms with Gasteiger partial charge in [-0.2, -0.15) is 4.57 Å². The minimum atomic E-state index is 0. The predicted octanol–water partition coefficient (Wildman–Crippen LogP) is -1.06. The van der Waals surface area contributed by atoms with Gasteiger partial charge in [-0.15, -0.1) is 12.4 Å². The minimum Gasteiger partial charge on any atom is -1.00 e. The van der Waals surface area contributed by atoms with Gasteiger partial charge in [-0.25, -0.2) is 0 Å². The van der Waals surface area contributed by atoms with Gasteiger partial charge in [-0.3, -0.25) is 0 Å². The summed E-state index contributed by atoms with van der Waals surface area (Å²) in [4.78, 5) is 1.24. The summed E-state index contributed by atoms with van der Waals surface area (Å²) in [5, 5.41) is 8.96. The van der Waals surface area contributed by atoms with Crippen LogP contribution in [0.4, 0.5) is 5.69 Å². The van der Waals surface area contributed by atoms with Crippen molar-refractivity contribution in [2.75, 3.05) is 12.3 Å². The van der Waals surface area contributed by atoms with Crippen molar-refractivity contribution in [2.45, 2.75) is 19.9 Å². The van der Waals surface area contributed by atoms with E-state index >= 15 is 0 Å². The largest absolute Gasteiger partial charge is 1.00 e. The number of rotatable bonds is 4. The van der Waals surface area contributed by atoms with Crippen molar-refractivity contribution in [1.29, 1.82) is 0 Å². The normalized spacial score (nSPS) is 9.58. The number of aliphatic hydroxyl groups excluding tert-OH is 1. The van der Waals surface area contributed by atoms with Crippen LogP contribution in [0.25, 0.3) is 0 Å². The number of hydrogen-bond donors (Lipinski definition) is 2. The fourth-order valence-corrected chi connectivity index (χ4v) is 2.79. The number of aromatic nitrogens is 1. The molecular weight excluding hydrogens is 303 g/mol. The van der Waals surface area contributed by atoms with E-state index in [0.29, 0.717) is 0 Å². The third-order valence-corrected chi connectivity index (χ3v) is 4.04. The molecule has 0 radical (unpaired) electrons. The Morgan fingerprint density at radius 3 is 2.63 bits per heavy atom. The second-order valence-corrected chi connectivity index (χ2v) is 4.97. The van der Waals surface area contributed by atoms with Crippen molar-refractivity contribution < 1.29 is 22.1 Å². The standard InChI is InChI=1S/C13H17N2OS.2ClH/c1-10-13(6-7-16)17-9-15(10)8-11-4-2-3-5-12(11)14;;/h2-5,9,16H,6-8,14H2,1H3;2*1H/q+1;;/p-1. The Morgan fingerprint density at radius 2 is 2.00 bits per heavy atom. The number of aliphatic hydroxyl groups is 1. The lowest BCUT2D eigenvalue weighted by molar-refractivity contribution is -0.689. The summed E-state index contributed by atoms with van der Waals surface area (Å²) in [6.07, 6.45) is 0.730. The highest BCUT2D eigenvalue weighted by Gasteiger charge is 2.15. The molecule has 0 aliphatic rings. The molecule has 1 aromatic carbocycles. The lowest BCUT2D eigenvalue weighted by Crippen LogP contribution is -3.00. The SMILES string of the molecule is Cc1c(CCO)sc[n+]1Cc1ccccc1N.Cl.[Cl-]. The molecular formula is C13H18Cl2N2OS. The molecule has 0 atom stereocenters. The molecule has 2 aromatic rings. The number of para-hydroxylation sites is 1. The zero-order valence-corrected chi connectivity index (χ0v) is 13.1. The highest BCUT2D eigenvalue weighted by molar-refractivity contribution is 7.09. The van der Waals surface area contributed by atoms with E-state index in [4.69, 9.17) is 10.8 Å². The fraction of sp³-hybridized carbons (Fsp3) is 0.308. The van der Waals surface area contributed by atoms with Crippen molar-refractivity contribution in [3.05, 3.63) is 45.9 Å². The number of nitrogens with zero attached hydrogens (tertiary/aromatic N) is 1. The molecule has 0 unspecified atom stereocenters. The third kappa shape index (κ3) is 4.35. The van der Waals surface area contributed by atoms with Crippen LogP contribution in [-0.2, 0) is 13.0 Å². The quantitative estimate of drug-likeness (QED) is 0.557. The molecule has 3 N–H and O–H groups in total. The Balaban J connectivity index is 0.00000162. The van der Waals surface area contributed by atoms with Gasteiger partial charge in [0.15, 0.2) is 12.2 Å². The van der Waals surface area contributed by atoms with Gasteiger partial charge in [0.05, 0.1) is 4.88 Å². The van der Waals surface area contributed by atoms with Crippen LogP contribution in [0.15, 0.2) is 29.8 Å². The van der Waals surface area contributed by atoms with Gasteiger partial charge in [0.25, 0.3) is 0 Å². The Morgan fingerprint density at radius 1 is 1.32 bits per heavy atom. The van der Waals surface area contributed by atoms with Gasteiger partial charge >= 0.3 is 0 Å². The molecule has 0 saturated heterocycles. The number of nitrogen functional groups attached to an aromatic ring is 1. The number of hydrogen-bond acceptors (Lipinski definition) is 3. The van der Waals surface area contributed by atoms with Crippen molar-refractivity contribution in [3.8, 4) is 0 Å². The number of anilines is 1. The molecule has 106 valence electrons. The molecule has 19 heavy (non-hydrogen) atoms. The van der Waals surface area contributed by atoms with E-state index in [-0.39, 0.29) is 31.4 Å². The zero-order chi connectivity index (χ0) is 12.3. The molecule has 0 fully saturated rings. The molecule has 0 saturated carbocycles. The van der Waals surface area contributed by atoms with Crippen LogP contribution in [0.1, 0.15) is 16.1 Å². The van der Waals surface area contributed by atoms with E-state index in [0.717, 1.165) is 24.2 Å². The summed E-state index contributed by atoms with van der Waals surface area (Å²) in [7, 11) is 0. The van der Waals surface area contributed by atoms with Crippen LogP contribution in [0.5, 0.6) is 0 Å². The van der Waals surface area contributed by atoms with Gasteiger partial charge in [0.1, 0.15) is 0 Å². The first kappa shape index (κ1) is 18.2. The van der Waals surface area contributed by atoms with Crippen LogP contribution >= 0.6 is 23.7 Å². The molecule has 0 aliphatic heterocycles. The van der Waals surface area contributed by atoms with Crippen LogP contribution in [-0.4, -0.2) is 11.7 Å². The fourth-order valence-electron chi connectivity index (χ4n) is 1.81. The topological polar surface area (TPSA) is 50.1 Å². The van der Waals surface area contributed by atoms with E-state index in [2.05, 4.69) is 17.0 Å². The van der Waals surface area contributed by atoms with Crippen molar-refractivity contribution in [2.24, 2.45) is 0 Å². The molecule has 2 rings (SSSR count). The van der Waals surface area contributed by atoms with E-state index in [9.17, 15) is 0 Å². The van der Waals surface area contributed by atoms with Gasteiger partial charge in [0.2, 0.25) is 5.51 Å². The van der Waals surface area contributed by atoms with E-state index < -0.39 is 0 Å². The van der Waals surface area contributed by atoms with Crippen LogP contribution < -0.4 is 22.7 Å². The maximum atomic E-state index is 8.96. The lowest BCUT2D eigenvalue weighted by Gasteiger charge is -2.01. The van der Waals surface area contributed by atoms with Gasteiger partial charge in [0, 0.05) is 31.2 Å². The first-order valence-electron chi connectivity index (χ1n) is 5.63. The van der Waals surface area contributed by atoms with E-state index in [1.807, 2.05) is 24.3 Å². The van der Waals surface area contributed by atoms with E-state index in [1.165, 1.54) is 10.6 Å². The second kappa shape index (κ2) is 8.38. The van der Waals surface area contributed by atoms with E-state index in [1.54, 1.807) is 11.3 Å². The van der Waals surface area contributed by atoms with Crippen LogP contribution in [0.3, 0.4) is 0 Å². The molecule has 0 aliphatic carbocycles. The number of nitrogens with two attached hydrogens (primary N) is 1. The summed E-state index contributed by atoms with van der Waals surface area (Å²) < 4.78 is 2.18. The van der Waals surface area contributed by atoms with Crippen molar-refractivity contribution >= 4 is 29.4 Å². The molecule has 0 amide bonds. The Bertz CT molecular complexity index is 517. The predicted molar refractivity (Wildman–Crippen MR) is 77.2 cm³/mol. The number of thiazole rings is 1. The maximum Gasteiger partial charge on any atom is 0.225 e. The molecule has 1 aromatic heterocycles. The molecule has 6 heteroatoms. The zero-order valence-electron chi connectivity index (χ0n) is 10.7. The summed E-state index contributed by atoms with van der Waals surface area (Å²) in [5.74, 6) is 0. The third-order valence-electron chi connectivity index (χ3n) is 2.89. The maximum absolute atomic E-state index is 8.96. The summed E-state index contributed by atoms with van der Waals surface area (Å²) >= 11 is 1.69. The highest BCUT2D eigenvalue weighted by Crippen LogP contribution is 2.14. The van der Waals surface area contributed by atoms with Crippen LogP contribution in [0.2, 0.25) is 0 Å². The first-order chi connectivity index (χ1) is 8.22. The van der Waals surface area contributed by atoms with Crippen molar-refractivity contribution in [1.82, 2.24) is 0 Å². The number of benzene rings is 1. The van der Waals surface area contributed by atoms with Crippen molar-refractivity contribution in [3.63, 3.8) is 0 Å². The summed E-state index contributed by atoms with van der Waals surface area (Å²) in [5.41, 5.74) is 11.2.